The first-order valence-corrected chi connectivity index (χ1v) is 12.8. The average Bonchev–Trinajstić information content (AvgIpc) is 2.93. The first-order chi connectivity index (χ1) is 12.6. The molecule has 1 fully saturated rings. The number of unbranched alkanes of at least 4 members (excludes halogenated alkanes) is 2. The lowest BCUT2D eigenvalue weighted by Crippen LogP contribution is -2.25. The average molecular weight is 416 g/mol. The second-order valence-electron chi connectivity index (χ2n) is 7.35. The Morgan fingerprint density at radius 1 is 1.19 bits per heavy atom. The van der Waals surface area contributed by atoms with E-state index in [9.17, 15) is 21.6 Å². The van der Waals surface area contributed by atoms with Crippen LogP contribution in [-0.4, -0.2) is 45.9 Å². The molecule has 1 heterocycles. The van der Waals surface area contributed by atoms with Gasteiger partial charge in [0.1, 0.15) is 5.78 Å². The van der Waals surface area contributed by atoms with Crippen LogP contribution in [0.3, 0.4) is 0 Å². The fourth-order valence-electron chi connectivity index (χ4n) is 3.11. The largest absolute Gasteiger partial charge is 0.299 e. The van der Waals surface area contributed by atoms with Gasteiger partial charge in [-0.1, -0.05) is 18.6 Å². The van der Waals surface area contributed by atoms with Crippen molar-refractivity contribution in [2.75, 3.05) is 22.4 Å². The lowest BCUT2D eigenvalue weighted by molar-refractivity contribution is -0.118. The number of rotatable bonds is 10. The molecule has 27 heavy (non-hydrogen) atoms. The summed E-state index contributed by atoms with van der Waals surface area (Å²) >= 11 is 0. The molecule has 0 unspecified atom stereocenters. The molecule has 152 valence electrons. The molecule has 1 aromatic rings. The van der Waals surface area contributed by atoms with Crippen molar-refractivity contribution in [1.82, 2.24) is 0 Å². The summed E-state index contributed by atoms with van der Waals surface area (Å²) in [6, 6.07) is 7.14. The van der Waals surface area contributed by atoms with E-state index < -0.39 is 19.9 Å². The first-order valence-electron chi connectivity index (χ1n) is 9.44. The second-order valence-corrected chi connectivity index (χ2v) is 12.0. The highest BCUT2D eigenvalue weighted by molar-refractivity contribution is 7.93. The van der Waals surface area contributed by atoms with E-state index in [0.717, 1.165) is 5.56 Å². The highest BCUT2D eigenvalue weighted by atomic mass is 32.2. The molecular formula is C19H29NO5S2. The van der Waals surface area contributed by atoms with E-state index in [1.54, 1.807) is 32.0 Å². The van der Waals surface area contributed by atoms with Crippen molar-refractivity contribution in [2.24, 2.45) is 0 Å². The maximum absolute atomic E-state index is 12.2. The van der Waals surface area contributed by atoms with Crippen LogP contribution in [0.4, 0.5) is 5.69 Å². The molecule has 0 spiro atoms. The fourth-order valence-corrected chi connectivity index (χ4v) is 5.74. The van der Waals surface area contributed by atoms with Crippen LogP contribution >= 0.6 is 0 Å². The monoisotopic (exact) mass is 415 g/mol. The minimum atomic E-state index is -3.22. The molecule has 0 bridgehead atoms. The third-order valence-electron chi connectivity index (χ3n) is 4.80. The third kappa shape index (κ3) is 6.31. The SMILES string of the molecule is CC(C)S(=O)(=O)CCCCCC(=O)Cc1cccc(N2CCCS2(=O)=O)c1. The fraction of sp³-hybridized carbons (Fsp3) is 0.632. The summed E-state index contributed by atoms with van der Waals surface area (Å²) in [4.78, 5) is 12.2. The van der Waals surface area contributed by atoms with Crippen molar-refractivity contribution >= 4 is 31.3 Å². The molecule has 0 N–H and O–H groups in total. The Morgan fingerprint density at radius 3 is 2.56 bits per heavy atom. The predicted octanol–water partition coefficient (Wildman–Crippen LogP) is 2.72. The van der Waals surface area contributed by atoms with E-state index in [1.807, 2.05) is 6.07 Å². The summed E-state index contributed by atoms with van der Waals surface area (Å²) in [7, 11) is -6.23. The molecule has 1 aliphatic rings. The van der Waals surface area contributed by atoms with Gasteiger partial charge in [0.15, 0.2) is 9.84 Å². The number of nitrogens with zero attached hydrogens (tertiary/aromatic N) is 1. The molecule has 6 nitrogen and oxygen atoms in total. The van der Waals surface area contributed by atoms with Crippen LogP contribution in [0.5, 0.6) is 0 Å². The van der Waals surface area contributed by atoms with Gasteiger partial charge in [0.25, 0.3) is 0 Å². The molecular weight excluding hydrogens is 386 g/mol. The van der Waals surface area contributed by atoms with Gasteiger partial charge in [0.05, 0.1) is 22.4 Å². The van der Waals surface area contributed by atoms with Gasteiger partial charge in [-0.3, -0.25) is 9.10 Å². The number of benzene rings is 1. The van der Waals surface area contributed by atoms with E-state index in [-0.39, 0.29) is 29.0 Å². The number of sulfone groups is 1. The minimum Gasteiger partial charge on any atom is -0.299 e. The lowest BCUT2D eigenvalue weighted by Gasteiger charge is -2.17. The van der Waals surface area contributed by atoms with Crippen LogP contribution in [0.1, 0.15) is 51.5 Å². The molecule has 1 aromatic carbocycles. The van der Waals surface area contributed by atoms with Gasteiger partial charge in [-0.05, 0) is 50.8 Å². The third-order valence-corrected chi connectivity index (χ3v) is 8.97. The smallest absolute Gasteiger partial charge is 0.235 e. The number of ketones is 1. The Kier molecular flexibility index (Phi) is 7.45. The molecule has 1 aliphatic heterocycles. The van der Waals surface area contributed by atoms with Crippen molar-refractivity contribution in [3.63, 3.8) is 0 Å². The topological polar surface area (TPSA) is 88.6 Å². The van der Waals surface area contributed by atoms with E-state index in [1.165, 1.54) is 4.31 Å². The highest BCUT2D eigenvalue weighted by Gasteiger charge is 2.28. The van der Waals surface area contributed by atoms with E-state index >= 15 is 0 Å². The predicted molar refractivity (Wildman–Crippen MR) is 108 cm³/mol. The maximum Gasteiger partial charge on any atom is 0.235 e. The molecule has 0 radical (unpaired) electrons. The van der Waals surface area contributed by atoms with Gasteiger partial charge in [-0.2, -0.15) is 0 Å². The number of hydrogen-bond donors (Lipinski definition) is 0. The van der Waals surface area contributed by atoms with Crippen LogP contribution in [0.25, 0.3) is 0 Å². The van der Waals surface area contributed by atoms with E-state index in [2.05, 4.69) is 0 Å². The summed E-state index contributed by atoms with van der Waals surface area (Å²) in [5.41, 5.74) is 1.43. The summed E-state index contributed by atoms with van der Waals surface area (Å²) in [5.74, 6) is 0.427. The van der Waals surface area contributed by atoms with Crippen LogP contribution in [0, 0.1) is 0 Å². The van der Waals surface area contributed by atoms with Crippen molar-refractivity contribution in [3.8, 4) is 0 Å². The van der Waals surface area contributed by atoms with Gasteiger partial charge >= 0.3 is 0 Å². The number of carbonyl (C=O) groups excluding carboxylic acids is 1. The summed E-state index contributed by atoms with van der Waals surface area (Å²) in [6.45, 7) is 3.85. The Hall–Kier alpha value is -1.41. The Balaban J connectivity index is 1.80. The molecule has 8 heteroatoms. The van der Waals surface area contributed by atoms with Crippen LogP contribution < -0.4 is 4.31 Å². The van der Waals surface area contributed by atoms with Crippen molar-refractivity contribution < 1.29 is 21.6 Å². The van der Waals surface area contributed by atoms with Gasteiger partial charge in [-0.15, -0.1) is 0 Å². The Morgan fingerprint density at radius 2 is 1.93 bits per heavy atom. The normalized spacial score (nSPS) is 16.8. The summed E-state index contributed by atoms with van der Waals surface area (Å²) in [6.07, 6.45) is 3.27. The zero-order valence-corrected chi connectivity index (χ0v) is 17.7. The van der Waals surface area contributed by atoms with E-state index in [0.29, 0.717) is 44.3 Å². The summed E-state index contributed by atoms with van der Waals surface area (Å²) < 4.78 is 49.0. The molecule has 0 atom stereocenters. The number of Topliss-reactive ketones (excluding diaryl/α,β-unsaturated/α-hetero) is 1. The van der Waals surface area contributed by atoms with Gasteiger partial charge in [0.2, 0.25) is 10.0 Å². The number of hydrogen-bond acceptors (Lipinski definition) is 5. The molecule has 0 amide bonds. The second kappa shape index (κ2) is 9.19. The zero-order chi connectivity index (χ0) is 20.1. The van der Waals surface area contributed by atoms with Gasteiger partial charge in [0, 0.05) is 19.4 Å². The number of carbonyl (C=O) groups is 1. The molecule has 0 aliphatic carbocycles. The standard InChI is InChI=1S/C19H29NO5S2/c1-16(2)26(22,23)12-5-3-4-10-19(21)15-17-8-6-9-18(14-17)20-11-7-13-27(20,24)25/h6,8-9,14,16H,3-5,7,10-13,15H2,1-2H3. The highest BCUT2D eigenvalue weighted by Crippen LogP contribution is 2.25. The quantitative estimate of drug-likeness (QED) is 0.548. The molecule has 0 saturated carbocycles. The zero-order valence-electron chi connectivity index (χ0n) is 16.1. The Bertz CT molecular complexity index is 860. The molecule has 0 aromatic heterocycles. The minimum absolute atomic E-state index is 0.0862. The number of sulfonamides is 1. The van der Waals surface area contributed by atoms with Gasteiger partial charge < -0.3 is 0 Å². The van der Waals surface area contributed by atoms with Crippen LogP contribution in [0.15, 0.2) is 24.3 Å². The van der Waals surface area contributed by atoms with Crippen molar-refractivity contribution in [2.45, 2.75) is 57.6 Å². The summed E-state index contributed by atoms with van der Waals surface area (Å²) in [5, 5.41) is -0.356. The maximum atomic E-state index is 12.2. The molecule has 2 rings (SSSR count). The Labute approximate surface area is 162 Å². The van der Waals surface area contributed by atoms with Crippen molar-refractivity contribution in [1.29, 1.82) is 0 Å². The van der Waals surface area contributed by atoms with Crippen LogP contribution in [0.2, 0.25) is 0 Å². The lowest BCUT2D eigenvalue weighted by atomic mass is 10.0. The number of anilines is 1. The van der Waals surface area contributed by atoms with E-state index in [4.69, 9.17) is 0 Å². The van der Waals surface area contributed by atoms with Gasteiger partial charge in [-0.25, -0.2) is 16.8 Å². The van der Waals surface area contributed by atoms with Crippen LogP contribution in [-0.2, 0) is 31.1 Å². The first kappa shape index (κ1) is 21.9. The van der Waals surface area contributed by atoms with Crippen molar-refractivity contribution in [3.05, 3.63) is 29.8 Å². The molecule has 1 saturated heterocycles.